The first-order valence-electron chi connectivity index (χ1n) is 9.11. The van der Waals surface area contributed by atoms with E-state index in [1.807, 2.05) is 30.4 Å². The molecule has 0 atom stereocenters. The number of hydrogen-bond donors (Lipinski definition) is 0. The summed E-state index contributed by atoms with van der Waals surface area (Å²) in [6.45, 7) is 7.66. The molecule has 25 heavy (non-hydrogen) atoms. The SMILES string of the molecule is CCCCOc1cc(/C=C/c2ccccc2C)nnc1OCCCC. The van der Waals surface area contributed by atoms with Crippen LogP contribution in [0, 0.1) is 6.92 Å². The molecule has 2 aromatic rings. The Hall–Kier alpha value is -2.36. The van der Waals surface area contributed by atoms with Crippen LogP contribution in [0.2, 0.25) is 0 Å². The number of aryl methyl sites for hydroxylation is 1. The topological polar surface area (TPSA) is 44.2 Å². The summed E-state index contributed by atoms with van der Waals surface area (Å²) in [5.74, 6) is 1.15. The van der Waals surface area contributed by atoms with Crippen molar-refractivity contribution in [1.82, 2.24) is 10.2 Å². The number of hydrogen-bond acceptors (Lipinski definition) is 4. The third kappa shape index (κ3) is 6.22. The lowest BCUT2D eigenvalue weighted by molar-refractivity contribution is 0.250. The Kier molecular flexibility index (Phi) is 7.96. The molecule has 0 aliphatic rings. The molecule has 0 unspecified atom stereocenters. The second-order valence-electron chi connectivity index (χ2n) is 6.03. The van der Waals surface area contributed by atoms with Crippen molar-refractivity contribution in [2.75, 3.05) is 13.2 Å². The van der Waals surface area contributed by atoms with Gasteiger partial charge in [-0.05, 0) is 37.0 Å². The summed E-state index contributed by atoms with van der Waals surface area (Å²) in [7, 11) is 0. The van der Waals surface area contributed by atoms with Gasteiger partial charge >= 0.3 is 0 Å². The highest BCUT2D eigenvalue weighted by Crippen LogP contribution is 2.25. The normalized spacial score (nSPS) is 11.0. The standard InChI is InChI=1S/C21H28N2O2/c1-4-6-14-24-20-16-19(22-23-21(20)25-15-7-5-2)13-12-18-11-9-8-10-17(18)3/h8-13,16H,4-7,14-15H2,1-3H3/b13-12+. The molecule has 0 aliphatic carbocycles. The summed E-state index contributed by atoms with van der Waals surface area (Å²) >= 11 is 0. The van der Waals surface area contributed by atoms with Gasteiger partial charge in [0.25, 0.3) is 5.88 Å². The number of unbranched alkanes of at least 4 members (excludes halogenated alkanes) is 2. The van der Waals surface area contributed by atoms with E-state index in [1.165, 1.54) is 11.1 Å². The monoisotopic (exact) mass is 340 g/mol. The summed E-state index contributed by atoms with van der Waals surface area (Å²) < 4.78 is 11.6. The van der Waals surface area contributed by atoms with Gasteiger partial charge in [-0.1, -0.05) is 57.0 Å². The highest BCUT2D eigenvalue weighted by Gasteiger charge is 2.09. The van der Waals surface area contributed by atoms with Gasteiger partial charge < -0.3 is 9.47 Å². The molecule has 134 valence electrons. The number of rotatable bonds is 10. The van der Waals surface area contributed by atoms with Gasteiger partial charge in [-0.3, -0.25) is 0 Å². The lowest BCUT2D eigenvalue weighted by Crippen LogP contribution is -2.05. The quantitative estimate of drug-likeness (QED) is 0.550. The molecule has 0 aliphatic heterocycles. The first kappa shape index (κ1) is 19.0. The van der Waals surface area contributed by atoms with Crippen LogP contribution in [0.1, 0.15) is 56.4 Å². The van der Waals surface area contributed by atoms with Crippen LogP contribution >= 0.6 is 0 Å². The summed E-state index contributed by atoms with van der Waals surface area (Å²) in [6, 6.07) is 10.1. The van der Waals surface area contributed by atoms with Crippen molar-refractivity contribution < 1.29 is 9.47 Å². The van der Waals surface area contributed by atoms with E-state index >= 15 is 0 Å². The maximum Gasteiger partial charge on any atom is 0.276 e. The first-order chi connectivity index (χ1) is 12.2. The van der Waals surface area contributed by atoms with Crippen LogP contribution in [0.4, 0.5) is 0 Å². The van der Waals surface area contributed by atoms with E-state index in [9.17, 15) is 0 Å². The number of nitrogens with zero attached hydrogens (tertiary/aromatic N) is 2. The van der Waals surface area contributed by atoms with E-state index < -0.39 is 0 Å². The summed E-state index contributed by atoms with van der Waals surface area (Å²) in [5, 5.41) is 8.46. The second kappa shape index (κ2) is 10.5. The Morgan fingerprint density at radius 3 is 2.36 bits per heavy atom. The Labute approximate surface area is 150 Å². The van der Waals surface area contributed by atoms with E-state index in [-0.39, 0.29) is 0 Å². The molecule has 4 heteroatoms. The number of benzene rings is 1. The van der Waals surface area contributed by atoms with Crippen molar-refractivity contribution in [3.05, 3.63) is 47.2 Å². The fraction of sp³-hybridized carbons (Fsp3) is 0.429. The minimum Gasteiger partial charge on any atom is -0.488 e. The van der Waals surface area contributed by atoms with Crippen LogP contribution in [0.25, 0.3) is 12.2 Å². The zero-order valence-corrected chi connectivity index (χ0v) is 15.5. The van der Waals surface area contributed by atoms with Crippen LogP contribution in [-0.2, 0) is 0 Å². The molecule has 0 amide bonds. The minimum atomic E-state index is 0.484. The molecule has 0 fully saturated rings. The molecule has 1 heterocycles. The van der Waals surface area contributed by atoms with Crippen LogP contribution < -0.4 is 9.47 Å². The average Bonchev–Trinajstić information content (AvgIpc) is 2.63. The maximum atomic E-state index is 5.86. The van der Waals surface area contributed by atoms with Crippen molar-refractivity contribution in [1.29, 1.82) is 0 Å². The van der Waals surface area contributed by atoms with Gasteiger partial charge in [0.1, 0.15) is 0 Å². The molecule has 0 bridgehead atoms. The lowest BCUT2D eigenvalue weighted by Gasteiger charge is -2.11. The van der Waals surface area contributed by atoms with Crippen LogP contribution in [-0.4, -0.2) is 23.4 Å². The Morgan fingerprint density at radius 2 is 1.64 bits per heavy atom. The first-order valence-corrected chi connectivity index (χ1v) is 9.11. The van der Waals surface area contributed by atoms with Gasteiger partial charge in [0.05, 0.1) is 18.9 Å². The molecule has 0 radical (unpaired) electrons. The largest absolute Gasteiger partial charge is 0.488 e. The van der Waals surface area contributed by atoms with Gasteiger partial charge in [-0.25, -0.2) is 0 Å². The Balaban J connectivity index is 2.15. The van der Waals surface area contributed by atoms with E-state index in [0.717, 1.165) is 31.4 Å². The molecule has 1 aromatic heterocycles. The Morgan fingerprint density at radius 1 is 0.920 bits per heavy atom. The summed E-state index contributed by atoms with van der Waals surface area (Å²) in [4.78, 5) is 0. The van der Waals surface area contributed by atoms with Crippen molar-refractivity contribution in [3.63, 3.8) is 0 Å². The van der Waals surface area contributed by atoms with E-state index in [2.05, 4.69) is 43.1 Å². The third-order valence-corrected chi connectivity index (χ3v) is 3.86. The predicted molar refractivity (Wildman–Crippen MR) is 103 cm³/mol. The lowest BCUT2D eigenvalue weighted by atomic mass is 10.1. The van der Waals surface area contributed by atoms with Gasteiger partial charge in [0.15, 0.2) is 5.75 Å². The van der Waals surface area contributed by atoms with Crippen LogP contribution in [0.5, 0.6) is 11.6 Å². The molecule has 1 aromatic carbocycles. The summed E-state index contributed by atoms with van der Waals surface area (Å²) in [5.41, 5.74) is 3.16. The van der Waals surface area contributed by atoms with Crippen LogP contribution in [0.15, 0.2) is 30.3 Å². The second-order valence-corrected chi connectivity index (χ2v) is 6.03. The fourth-order valence-corrected chi connectivity index (χ4v) is 2.25. The van der Waals surface area contributed by atoms with Crippen molar-refractivity contribution in [3.8, 4) is 11.6 Å². The zero-order chi connectivity index (χ0) is 17.9. The van der Waals surface area contributed by atoms with Crippen LogP contribution in [0.3, 0.4) is 0 Å². The van der Waals surface area contributed by atoms with E-state index in [1.54, 1.807) is 0 Å². The highest BCUT2D eigenvalue weighted by molar-refractivity contribution is 5.70. The molecule has 0 saturated carbocycles. The molecule has 0 spiro atoms. The molecular formula is C21H28N2O2. The smallest absolute Gasteiger partial charge is 0.276 e. The van der Waals surface area contributed by atoms with Crippen molar-refractivity contribution >= 4 is 12.2 Å². The molecule has 4 nitrogen and oxygen atoms in total. The van der Waals surface area contributed by atoms with E-state index in [4.69, 9.17) is 9.47 Å². The minimum absolute atomic E-state index is 0.484. The number of aromatic nitrogens is 2. The third-order valence-electron chi connectivity index (χ3n) is 3.86. The van der Waals surface area contributed by atoms with Gasteiger partial charge in [0, 0.05) is 6.07 Å². The molecule has 0 N–H and O–H groups in total. The predicted octanol–water partition coefficient (Wildman–Crippen LogP) is 5.31. The maximum absolute atomic E-state index is 5.86. The van der Waals surface area contributed by atoms with Crippen molar-refractivity contribution in [2.45, 2.75) is 46.5 Å². The zero-order valence-electron chi connectivity index (χ0n) is 15.5. The summed E-state index contributed by atoms with van der Waals surface area (Å²) in [6.07, 6.45) is 8.17. The number of ether oxygens (including phenoxy) is 2. The highest BCUT2D eigenvalue weighted by atomic mass is 16.5. The fourth-order valence-electron chi connectivity index (χ4n) is 2.25. The molecule has 2 rings (SSSR count). The van der Waals surface area contributed by atoms with Gasteiger partial charge in [-0.2, -0.15) is 0 Å². The Bertz CT molecular complexity index is 683. The van der Waals surface area contributed by atoms with E-state index in [0.29, 0.717) is 24.8 Å². The van der Waals surface area contributed by atoms with Crippen molar-refractivity contribution in [2.24, 2.45) is 0 Å². The molecule has 0 saturated heterocycles. The average molecular weight is 340 g/mol. The molecular weight excluding hydrogens is 312 g/mol. The van der Waals surface area contributed by atoms with Gasteiger partial charge in [0.2, 0.25) is 0 Å². The van der Waals surface area contributed by atoms with Gasteiger partial charge in [-0.15, -0.1) is 10.2 Å².